The van der Waals surface area contributed by atoms with Crippen LogP contribution in [-0.4, -0.2) is 44.0 Å². The topological polar surface area (TPSA) is 59.5 Å². The highest BCUT2D eigenvalue weighted by molar-refractivity contribution is 7.89. The van der Waals surface area contributed by atoms with Crippen molar-refractivity contribution in [2.24, 2.45) is 0 Å². The Morgan fingerprint density at radius 3 is 2.70 bits per heavy atom. The van der Waals surface area contributed by atoms with Crippen LogP contribution < -0.4 is 0 Å². The van der Waals surface area contributed by atoms with Gasteiger partial charge < -0.3 is 4.74 Å². The van der Waals surface area contributed by atoms with Crippen molar-refractivity contribution in [3.63, 3.8) is 0 Å². The molecular formula is C14H16N2O3S. The van der Waals surface area contributed by atoms with Gasteiger partial charge in [0.05, 0.1) is 18.1 Å². The molecule has 1 aliphatic heterocycles. The first-order valence-corrected chi connectivity index (χ1v) is 7.96. The van der Waals surface area contributed by atoms with Gasteiger partial charge >= 0.3 is 0 Å². The smallest absolute Gasteiger partial charge is 0.244 e. The van der Waals surface area contributed by atoms with Crippen molar-refractivity contribution in [1.29, 1.82) is 0 Å². The van der Waals surface area contributed by atoms with Gasteiger partial charge in [-0.1, -0.05) is 12.1 Å². The molecule has 0 aliphatic carbocycles. The van der Waals surface area contributed by atoms with Crippen LogP contribution >= 0.6 is 0 Å². The molecule has 0 bridgehead atoms. The molecule has 2 heterocycles. The van der Waals surface area contributed by atoms with Crippen molar-refractivity contribution >= 4 is 20.8 Å². The van der Waals surface area contributed by atoms with Crippen molar-refractivity contribution in [3.05, 3.63) is 36.2 Å². The highest BCUT2D eigenvalue weighted by atomic mass is 32.2. The number of hydrogen-bond donors (Lipinski definition) is 0. The minimum Gasteiger partial charge on any atom is -0.379 e. The standard InChI is InChI=1S/C14H16N2O3S/c1-11-2-3-12-10-15-5-4-13(12)14(11)20(17,18)16-6-8-19-9-7-16/h2-5,10H,6-9H2,1H3. The van der Waals surface area contributed by atoms with Crippen molar-refractivity contribution in [3.8, 4) is 0 Å². The summed E-state index contributed by atoms with van der Waals surface area (Å²) in [5, 5.41) is 1.57. The molecule has 3 rings (SSSR count). The third-order valence-corrected chi connectivity index (χ3v) is 5.64. The Morgan fingerprint density at radius 2 is 1.95 bits per heavy atom. The van der Waals surface area contributed by atoms with Crippen LogP contribution in [0.5, 0.6) is 0 Å². The normalized spacial score (nSPS) is 17.4. The number of sulfonamides is 1. The molecule has 20 heavy (non-hydrogen) atoms. The summed E-state index contributed by atoms with van der Waals surface area (Å²) in [6, 6.07) is 5.49. The van der Waals surface area contributed by atoms with E-state index in [0.29, 0.717) is 31.2 Å². The number of fused-ring (bicyclic) bond motifs is 1. The molecule has 2 aromatic rings. The molecule has 1 fully saturated rings. The molecule has 1 aromatic heterocycles. The lowest BCUT2D eigenvalue weighted by Gasteiger charge is -2.27. The summed E-state index contributed by atoms with van der Waals surface area (Å²) in [4.78, 5) is 4.44. The third-order valence-electron chi connectivity index (χ3n) is 3.54. The number of pyridine rings is 1. The van der Waals surface area contributed by atoms with Crippen molar-refractivity contribution in [2.45, 2.75) is 11.8 Å². The molecule has 1 saturated heterocycles. The zero-order valence-electron chi connectivity index (χ0n) is 11.2. The Hall–Kier alpha value is -1.50. The van der Waals surface area contributed by atoms with Gasteiger partial charge in [0.2, 0.25) is 10.0 Å². The highest BCUT2D eigenvalue weighted by Crippen LogP contribution is 2.28. The second kappa shape index (κ2) is 5.12. The second-order valence-electron chi connectivity index (χ2n) is 4.82. The summed E-state index contributed by atoms with van der Waals surface area (Å²) in [6.07, 6.45) is 3.31. The number of ether oxygens (including phenoxy) is 1. The molecule has 1 aliphatic rings. The first-order chi connectivity index (χ1) is 9.60. The van der Waals surface area contributed by atoms with Gasteiger partial charge in [-0.25, -0.2) is 8.42 Å². The Kier molecular flexibility index (Phi) is 3.45. The number of rotatable bonds is 2. The maximum absolute atomic E-state index is 12.9. The summed E-state index contributed by atoms with van der Waals surface area (Å²) in [5.41, 5.74) is 0.759. The monoisotopic (exact) mass is 292 g/mol. The average Bonchev–Trinajstić information content (AvgIpc) is 2.47. The van der Waals surface area contributed by atoms with Gasteiger partial charge in [0.1, 0.15) is 0 Å². The Bertz CT molecular complexity index is 737. The molecule has 0 atom stereocenters. The molecule has 1 aromatic carbocycles. The molecule has 0 saturated carbocycles. The lowest BCUT2D eigenvalue weighted by Crippen LogP contribution is -2.40. The van der Waals surface area contributed by atoms with Gasteiger partial charge in [0.15, 0.2) is 0 Å². The lowest BCUT2D eigenvalue weighted by molar-refractivity contribution is 0.0730. The van der Waals surface area contributed by atoms with Crippen LogP contribution in [0.2, 0.25) is 0 Å². The zero-order valence-corrected chi connectivity index (χ0v) is 12.1. The van der Waals surface area contributed by atoms with E-state index in [1.54, 1.807) is 18.5 Å². The van der Waals surface area contributed by atoms with Crippen LogP contribution in [0.1, 0.15) is 5.56 Å². The van der Waals surface area contributed by atoms with E-state index in [-0.39, 0.29) is 0 Å². The van der Waals surface area contributed by atoms with E-state index in [1.807, 2.05) is 19.1 Å². The Balaban J connectivity index is 2.20. The Labute approximate surface area is 118 Å². The number of aromatic nitrogens is 1. The van der Waals surface area contributed by atoms with Gasteiger partial charge in [0.25, 0.3) is 0 Å². The van der Waals surface area contributed by atoms with E-state index in [2.05, 4.69) is 4.98 Å². The van der Waals surface area contributed by atoms with E-state index in [0.717, 1.165) is 16.3 Å². The zero-order chi connectivity index (χ0) is 14.2. The summed E-state index contributed by atoms with van der Waals surface area (Å²) >= 11 is 0. The van der Waals surface area contributed by atoms with Crippen molar-refractivity contribution < 1.29 is 13.2 Å². The molecular weight excluding hydrogens is 276 g/mol. The van der Waals surface area contributed by atoms with Gasteiger partial charge in [0, 0.05) is 36.3 Å². The van der Waals surface area contributed by atoms with Gasteiger partial charge in [-0.05, 0) is 18.6 Å². The number of aryl methyl sites for hydroxylation is 1. The predicted molar refractivity (Wildman–Crippen MR) is 76.1 cm³/mol. The third kappa shape index (κ3) is 2.19. The SMILES string of the molecule is Cc1ccc2cnccc2c1S(=O)(=O)N1CCOCC1. The molecule has 0 unspecified atom stereocenters. The predicted octanol–water partition coefficient (Wildman–Crippen LogP) is 1.56. The molecule has 5 nitrogen and oxygen atoms in total. The summed E-state index contributed by atoms with van der Waals surface area (Å²) < 4.78 is 32.5. The molecule has 0 spiro atoms. The van der Waals surface area contributed by atoms with E-state index < -0.39 is 10.0 Å². The number of hydrogen-bond acceptors (Lipinski definition) is 4. The van der Waals surface area contributed by atoms with E-state index in [4.69, 9.17) is 4.74 Å². The Morgan fingerprint density at radius 1 is 1.20 bits per heavy atom. The van der Waals surface area contributed by atoms with Crippen LogP contribution in [0.15, 0.2) is 35.5 Å². The van der Waals surface area contributed by atoms with Gasteiger partial charge in [-0.2, -0.15) is 4.31 Å². The van der Waals surface area contributed by atoms with Crippen LogP contribution in [0.4, 0.5) is 0 Å². The molecule has 106 valence electrons. The van der Waals surface area contributed by atoms with Crippen molar-refractivity contribution in [1.82, 2.24) is 9.29 Å². The summed E-state index contributed by atoms with van der Waals surface area (Å²) in [5.74, 6) is 0. The maximum Gasteiger partial charge on any atom is 0.244 e. The lowest BCUT2D eigenvalue weighted by atomic mass is 10.1. The number of nitrogens with zero attached hydrogens (tertiary/aromatic N) is 2. The summed E-state index contributed by atoms with van der Waals surface area (Å²) in [6.45, 7) is 3.54. The quantitative estimate of drug-likeness (QED) is 0.843. The van der Waals surface area contributed by atoms with Crippen LogP contribution in [0.3, 0.4) is 0 Å². The van der Waals surface area contributed by atoms with Crippen LogP contribution in [-0.2, 0) is 14.8 Å². The average molecular weight is 292 g/mol. The van der Waals surface area contributed by atoms with E-state index in [9.17, 15) is 8.42 Å². The molecule has 6 heteroatoms. The molecule has 0 amide bonds. The fourth-order valence-corrected chi connectivity index (χ4v) is 4.33. The molecule has 0 radical (unpaired) electrons. The number of morpholine rings is 1. The fraction of sp³-hybridized carbons (Fsp3) is 0.357. The largest absolute Gasteiger partial charge is 0.379 e. The first kappa shape index (κ1) is 13.5. The summed E-state index contributed by atoms with van der Waals surface area (Å²) in [7, 11) is -3.49. The van der Waals surface area contributed by atoms with Crippen LogP contribution in [0.25, 0.3) is 10.8 Å². The second-order valence-corrected chi connectivity index (χ2v) is 6.70. The fourth-order valence-electron chi connectivity index (χ4n) is 2.51. The first-order valence-electron chi connectivity index (χ1n) is 6.52. The highest BCUT2D eigenvalue weighted by Gasteiger charge is 2.29. The minimum atomic E-state index is -3.49. The van der Waals surface area contributed by atoms with E-state index in [1.165, 1.54) is 4.31 Å². The van der Waals surface area contributed by atoms with Crippen LogP contribution in [0, 0.1) is 6.92 Å². The van der Waals surface area contributed by atoms with Crippen molar-refractivity contribution in [2.75, 3.05) is 26.3 Å². The van der Waals surface area contributed by atoms with Gasteiger partial charge in [-0.3, -0.25) is 4.98 Å². The maximum atomic E-state index is 12.9. The number of benzene rings is 1. The van der Waals surface area contributed by atoms with Gasteiger partial charge in [-0.15, -0.1) is 0 Å². The minimum absolute atomic E-state index is 0.388. The van der Waals surface area contributed by atoms with E-state index >= 15 is 0 Å². The molecule has 0 N–H and O–H groups in total.